The average molecular weight is 506 g/mol. The number of H-pyrrole nitrogens is 2. The van der Waals surface area contributed by atoms with Crippen LogP contribution in [0.3, 0.4) is 0 Å². The minimum atomic E-state index is -1.37. The molecule has 10 heteroatoms. The number of amides is 1. The third kappa shape index (κ3) is 4.65. The number of hydrogen-bond acceptors (Lipinski definition) is 3. The highest BCUT2D eigenvalue weighted by molar-refractivity contribution is 5.84. The maximum atomic E-state index is 14.3. The summed E-state index contributed by atoms with van der Waals surface area (Å²) in [4.78, 5) is 45.6. The molecular weight excluding hydrogens is 485 g/mol. The molecule has 0 radical (unpaired) electrons. The maximum Gasteiger partial charge on any atom is 0.329 e. The lowest BCUT2D eigenvalue weighted by molar-refractivity contribution is -0.125. The van der Waals surface area contributed by atoms with Crippen LogP contribution in [0.2, 0.25) is 0 Å². The van der Waals surface area contributed by atoms with E-state index in [2.05, 4.69) is 15.3 Å². The molecule has 7 nitrogen and oxygen atoms in total. The first kappa shape index (κ1) is 24.1. The number of aromatic nitrogens is 3. The predicted molar refractivity (Wildman–Crippen MR) is 133 cm³/mol. The van der Waals surface area contributed by atoms with E-state index >= 15 is 0 Å². The maximum absolute atomic E-state index is 14.3. The van der Waals surface area contributed by atoms with Crippen LogP contribution in [-0.2, 0) is 11.2 Å². The first-order valence-electron chi connectivity index (χ1n) is 11.5. The summed E-state index contributed by atoms with van der Waals surface area (Å²) in [6.07, 6.45) is -0.0943. The van der Waals surface area contributed by atoms with Crippen molar-refractivity contribution in [2.24, 2.45) is 0 Å². The Morgan fingerprint density at radius 1 is 0.919 bits per heavy atom. The summed E-state index contributed by atoms with van der Waals surface area (Å²) in [6.45, 7) is 1.50. The predicted octanol–water partition coefficient (Wildman–Crippen LogP) is 4.25. The molecule has 5 aromatic rings. The van der Waals surface area contributed by atoms with Crippen molar-refractivity contribution in [1.29, 1.82) is 0 Å². The van der Waals surface area contributed by atoms with E-state index in [9.17, 15) is 27.6 Å². The van der Waals surface area contributed by atoms with Crippen LogP contribution >= 0.6 is 0 Å². The van der Waals surface area contributed by atoms with Gasteiger partial charge in [-0.2, -0.15) is 0 Å². The minimum absolute atomic E-state index is 0.0287. The highest BCUT2D eigenvalue weighted by atomic mass is 19.1. The Morgan fingerprint density at radius 3 is 2.41 bits per heavy atom. The number of fused-ring (bicyclic) bond motifs is 2. The highest BCUT2D eigenvalue weighted by Crippen LogP contribution is 2.22. The zero-order valence-corrected chi connectivity index (χ0v) is 19.5. The van der Waals surface area contributed by atoms with E-state index in [1.54, 1.807) is 6.07 Å². The van der Waals surface area contributed by atoms with Gasteiger partial charge in [0.1, 0.15) is 23.5 Å². The number of aromatic amines is 2. The molecule has 188 valence electrons. The van der Waals surface area contributed by atoms with Gasteiger partial charge in [-0.15, -0.1) is 0 Å². The van der Waals surface area contributed by atoms with Gasteiger partial charge in [0.05, 0.1) is 16.9 Å². The first-order chi connectivity index (χ1) is 17.7. The van der Waals surface area contributed by atoms with Crippen LogP contribution in [0.4, 0.5) is 13.2 Å². The third-order valence-corrected chi connectivity index (χ3v) is 6.29. The van der Waals surface area contributed by atoms with Gasteiger partial charge in [-0.25, -0.2) is 22.5 Å². The number of benzene rings is 3. The fourth-order valence-corrected chi connectivity index (χ4v) is 4.48. The number of rotatable bonds is 6. The molecule has 3 N–H and O–H groups in total. The lowest BCUT2D eigenvalue weighted by atomic mass is 10.1. The fraction of sp³-hybridized carbons (Fsp3) is 0.148. The topological polar surface area (TPSA) is 99.8 Å². The molecule has 2 atom stereocenters. The Morgan fingerprint density at radius 2 is 1.65 bits per heavy atom. The van der Waals surface area contributed by atoms with Crippen LogP contribution in [0, 0.1) is 17.5 Å². The van der Waals surface area contributed by atoms with Gasteiger partial charge in [-0.3, -0.25) is 9.59 Å². The Bertz CT molecular complexity index is 1740. The van der Waals surface area contributed by atoms with Gasteiger partial charge < -0.3 is 15.3 Å². The second kappa shape index (κ2) is 9.45. The number of nitrogens with zero attached hydrogens (tertiary/aromatic N) is 1. The first-order valence-corrected chi connectivity index (χ1v) is 11.5. The molecule has 0 aliphatic carbocycles. The van der Waals surface area contributed by atoms with E-state index in [0.717, 1.165) is 33.7 Å². The number of carbonyl (C=O) groups excluding carboxylic acids is 1. The second-order valence-corrected chi connectivity index (χ2v) is 8.79. The molecule has 0 unspecified atom stereocenters. The van der Waals surface area contributed by atoms with Gasteiger partial charge in [0.2, 0.25) is 5.91 Å². The van der Waals surface area contributed by atoms with Crippen molar-refractivity contribution < 1.29 is 18.0 Å². The largest absolute Gasteiger partial charge is 0.358 e. The van der Waals surface area contributed by atoms with Gasteiger partial charge in [0, 0.05) is 29.3 Å². The normalized spacial score (nSPS) is 13.1. The third-order valence-electron chi connectivity index (χ3n) is 6.29. The van der Waals surface area contributed by atoms with Crippen molar-refractivity contribution in [2.45, 2.75) is 25.4 Å². The summed E-state index contributed by atoms with van der Waals surface area (Å²) in [6, 6.07) is 13.2. The zero-order valence-electron chi connectivity index (χ0n) is 19.5. The van der Waals surface area contributed by atoms with E-state index < -0.39 is 46.7 Å². The smallest absolute Gasteiger partial charge is 0.329 e. The van der Waals surface area contributed by atoms with Gasteiger partial charge in [0.15, 0.2) is 0 Å². The van der Waals surface area contributed by atoms with Crippen molar-refractivity contribution in [3.63, 3.8) is 0 Å². The van der Waals surface area contributed by atoms with Crippen LogP contribution in [0.15, 0.2) is 76.3 Å². The van der Waals surface area contributed by atoms with Crippen molar-refractivity contribution in [3.05, 3.63) is 116 Å². The zero-order chi connectivity index (χ0) is 26.3. The molecule has 5 rings (SSSR count). The van der Waals surface area contributed by atoms with E-state index in [0.29, 0.717) is 11.8 Å². The van der Waals surface area contributed by atoms with Crippen LogP contribution in [0.25, 0.3) is 21.8 Å². The molecule has 3 aromatic carbocycles. The van der Waals surface area contributed by atoms with E-state index in [4.69, 9.17) is 0 Å². The molecule has 0 spiro atoms. The minimum Gasteiger partial charge on any atom is -0.358 e. The molecule has 2 heterocycles. The molecular formula is C27H21F3N4O3. The standard InChI is InChI=1S/C27H21F3N4O3/c1-14(19-8-6-17(29)12-21(19)30)31-25(35)24(13-18-10-15-4-2-3-5-22(15)32-18)34-26(36)20-11-16(28)7-9-23(20)33-27(34)37/h2-12,14,24,32H,13H2,1H3,(H,31,35)(H,33,37)/t14-,24-/m1/s1. The molecule has 37 heavy (non-hydrogen) atoms. The Kier molecular flexibility index (Phi) is 6.16. The molecule has 0 fully saturated rings. The van der Waals surface area contributed by atoms with Crippen LogP contribution in [0.5, 0.6) is 0 Å². The Labute approximate surface area is 207 Å². The van der Waals surface area contributed by atoms with Crippen molar-refractivity contribution >= 4 is 27.7 Å². The Balaban J connectivity index is 1.59. The highest BCUT2D eigenvalue weighted by Gasteiger charge is 2.28. The average Bonchev–Trinajstić information content (AvgIpc) is 3.26. The summed E-state index contributed by atoms with van der Waals surface area (Å²) >= 11 is 0. The van der Waals surface area contributed by atoms with Crippen molar-refractivity contribution in [3.8, 4) is 0 Å². The van der Waals surface area contributed by atoms with Crippen molar-refractivity contribution in [2.75, 3.05) is 0 Å². The van der Waals surface area contributed by atoms with Gasteiger partial charge in [-0.05, 0) is 48.7 Å². The molecule has 0 aliphatic heterocycles. The van der Waals surface area contributed by atoms with Gasteiger partial charge in [0.25, 0.3) is 5.56 Å². The summed E-state index contributed by atoms with van der Waals surface area (Å²) in [5, 5.41) is 3.38. The quantitative estimate of drug-likeness (QED) is 0.321. The molecule has 0 saturated carbocycles. The molecule has 1 amide bonds. The van der Waals surface area contributed by atoms with Crippen molar-refractivity contribution in [1.82, 2.24) is 19.9 Å². The van der Waals surface area contributed by atoms with Crippen LogP contribution in [0.1, 0.15) is 30.3 Å². The molecule has 0 bridgehead atoms. The molecule has 0 aliphatic rings. The number of carbonyl (C=O) groups is 1. The summed E-state index contributed by atoms with van der Waals surface area (Å²) in [7, 11) is 0. The number of halogens is 3. The lowest BCUT2D eigenvalue weighted by Gasteiger charge is -2.22. The molecule has 2 aromatic heterocycles. The van der Waals surface area contributed by atoms with E-state index in [-0.39, 0.29) is 22.9 Å². The summed E-state index contributed by atoms with van der Waals surface area (Å²) in [5.74, 6) is -3.05. The lowest BCUT2D eigenvalue weighted by Crippen LogP contribution is -2.46. The molecule has 0 saturated heterocycles. The van der Waals surface area contributed by atoms with Crippen LogP contribution in [-0.4, -0.2) is 20.4 Å². The second-order valence-electron chi connectivity index (χ2n) is 8.79. The van der Waals surface area contributed by atoms with Gasteiger partial charge >= 0.3 is 5.69 Å². The number of para-hydroxylation sites is 1. The van der Waals surface area contributed by atoms with E-state index in [1.165, 1.54) is 19.1 Å². The monoisotopic (exact) mass is 506 g/mol. The summed E-state index contributed by atoms with van der Waals surface area (Å²) in [5.41, 5.74) is -0.205. The summed E-state index contributed by atoms with van der Waals surface area (Å²) < 4.78 is 42.3. The number of nitrogens with one attached hydrogen (secondary N) is 3. The van der Waals surface area contributed by atoms with Gasteiger partial charge in [-0.1, -0.05) is 24.3 Å². The number of hydrogen-bond donors (Lipinski definition) is 3. The SMILES string of the molecule is C[C@@H](NC(=O)[C@@H](Cc1cc2ccccc2[nH]1)n1c(=O)[nH]c2ccc(F)cc2c1=O)c1ccc(F)cc1F. The van der Waals surface area contributed by atoms with E-state index in [1.807, 2.05) is 24.3 Å². The Hall–Kier alpha value is -4.60. The fourth-order valence-electron chi connectivity index (χ4n) is 4.48. The van der Waals surface area contributed by atoms with Crippen LogP contribution < -0.4 is 16.6 Å².